The Bertz CT molecular complexity index is 481. The molecule has 0 unspecified atom stereocenters. The van der Waals surface area contributed by atoms with Crippen molar-refractivity contribution in [2.24, 2.45) is 5.92 Å². The fraction of sp³-hybridized carbons (Fsp3) is 0.588. The van der Waals surface area contributed by atoms with E-state index in [1.165, 1.54) is 13.0 Å². The van der Waals surface area contributed by atoms with Gasteiger partial charge in [0.1, 0.15) is 25.3 Å². The van der Waals surface area contributed by atoms with Crippen molar-refractivity contribution in [3.8, 4) is 0 Å². The van der Waals surface area contributed by atoms with E-state index in [0.717, 1.165) is 5.57 Å². The molecule has 136 valence electrons. The van der Waals surface area contributed by atoms with Crippen LogP contribution in [0.25, 0.3) is 0 Å². The summed E-state index contributed by atoms with van der Waals surface area (Å²) < 4.78 is 9.88. The van der Waals surface area contributed by atoms with Gasteiger partial charge in [0.05, 0.1) is 0 Å². The molecule has 0 saturated heterocycles. The van der Waals surface area contributed by atoms with E-state index in [0.29, 0.717) is 0 Å². The molecule has 0 bridgehead atoms. The van der Waals surface area contributed by atoms with Crippen LogP contribution >= 0.6 is 0 Å². The third kappa shape index (κ3) is 8.97. The third-order valence-corrected chi connectivity index (χ3v) is 3.00. The monoisotopic (exact) mass is 340 g/mol. The molecule has 7 heteroatoms. The Morgan fingerprint density at radius 3 is 2.17 bits per heavy atom. The topological polar surface area (TPSA) is 93.7 Å². The number of rotatable bonds is 9. The number of ether oxygens (including phenoxy) is 2. The standard InChI is InChI=1S/C17H28N2O5/c1-7-9-24-17(22)18-13(6)15(20)19-14(12(4)5)16(21)23-10-8-11(2)3/h7-8,12-14H,1,9-10H2,2-6H3,(H,18,22)(H,19,20)/t13-,14-/m0/s1. The zero-order chi connectivity index (χ0) is 18.7. The molecular formula is C17H28N2O5. The molecule has 0 aliphatic rings. The Kier molecular flexibility index (Phi) is 10.2. The van der Waals surface area contributed by atoms with Crippen molar-refractivity contribution in [1.82, 2.24) is 10.6 Å². The van der Waals surface area contributed by atoms with Gasteiger partial charge in [0.15, 0.2) is 0 Å². The smallest absolute Gasteiger partial charge is 0.408 e. The lowest BCUT2D eigenvalue weighted by atomic mass is 10.0. The molecule has 0 aromatic rings. The summed E-state index contributed by atoms with van der Waals surface area (Å²) in [6.45, 7) is 12.5. The molecule has 0 heterocycles. The van der Waals surface area contributed by atoms with Gasteiger partial charge in [-0.25, -0.2) is 9.59 Å². The van der Waals surface area contributed by atoms with Crippen molar-refractivity contribution in [3.63, 3.8) is 0 Å². The van der Waals surface area contributed by atoms with Crippen LogP contribution in [0.5, 0.6) is 0 Å². The number of esters is 1. The van der Waals surface area contributed by atoms with Gasteiger partial charge in [-0.2, -0.15) is 0 Å². The quantitative estimate of drug-likeness (QED) is 0.494. The summed E-state index contributed by atoms with van der Waals surface area (Å²) >= 11 is 0. The molecule has 0 rings (SSSR count). The van der Waals surface area contributed by atoms with Crippen LogP contribution in [0.2, 0.25) is 0 Å². The number of amides is 2. The molecule has 0 radical (unpaired) electrons. The molecule has 2 N–H and O–H groups in total. The summed E-state index contributed by atoms with van der Waals surface area (Å²) in [5.74, 6) is -1.17. The number of carbonyl (C=O) groups is 3. The Morgan fingerprint density at radius 2 is 1.67 bits per heavy atom. The summed E-state index contributed by atoms with van der Waals surface area (Å²) in [5, 5.41) is 4.96. The second kappa shape index (κ2) is 11.3. The number of nitrogens with one attached hydrogen (secondary N) is 2. The first kappa shape index (κ1) is 21.7. The minimum atomic E-state index is -0.853. The minimum absolute atomic E-state index is 0.0471. The van der Waals surface area contributed by atoms with E-state index in [1.807, 2.05) is 13.8 Å². The van der Waals surface area contributed by atoms with Crippen LogP contribution in [-0.4, -0.2) is 43.3 Å². The SMILES string of the molecule is C=CCOC(=O)N[C@@H](C)C(=O)N[C@H](C(=O)OCC=C(C)C)C(C)C. The third-order valence-electron chi connectivity index (χ3n) is 3.00. The van der Waals surface area contributed by atoms with Crippen LogP contribution in [0.15, 0.2) is 24.3 Å². The van der Waals surface area contributed by atoms with Gasteiger partial charge in [-0.05, 0) is 32.8 Å². The number of hydrogen-bond donors (Lipinski definition) is 2. The zero-order valence-corrected chi connectivity index (χ0v) is 15.0. The highest BCUT2D eigenvalue weighted by molar-refractivity contribution is 5.89. The van der Waals surface area contributed by atoms with Gasteiger partial charge >= 0.3 is 12.1 Å². The second-order valence-electron chi connectivity index (χ2n) is 5.89. The van der Waals surface area contributed by atoms with Gasteiger partial charge < -0.3 is 20.1 Å². The van der Waals surface area contributed by atoms with Gasteiger partial charge in [-0.3, -0.25) is 4.79 Å². The molecule has 24 heavy (non-hydrogen) atoms. The number of alkyl carbamates (subject to hydrolysis) is 1. The first-order chi connectivity index (χ1) is 11.2. The lowest BCUT2D eigenvalue weighted by Crippen LogP contribution is -2.52. The highest BCUT2D eigenvalue weighted by atomic mass is 16.5. The van der Waals surface area contributed by atoms with Crippen LogP contribution in [0.1, 0.15) is 34.6 Å². The minimum Gasteiger partial charge on any atom is -0.460 e. The zero-order valence-electron chi connectivity index (χ0n) is 15.0. The van der Waals surface area contributed by atoms with Crippen LogP contribution in [0.3, 0.4) is 0 Å². The maximum atomic E-state index is 12.1. The summed E-state index contributed by atoms with van der Waals surface area (Å²) in [4.78, 5) is 35.6. The second-order valence-corrected chi connectivity index (χ2v) is 5.89. The molecule has 7 nitrogen and oxygen atoms in total. The first-order valence-corrected chi connectivity index (χ1v) is 7.83. The lowest BCUT2D eigenvalue weighted by Gasteiger charge is -2.22. The van der Waals surface area contributed by atoms with Gasteiger partial charge in [-0.15, -0.1) is 0 Å². The van der Waals surface area contributed by atoms with Crippen molar-refractivity contribution in [3.05, 3.63) is 24.3 Å². The van der Waals surface area contributed by atoms with E-state index >= 15 is 0 Å². The van der Waals surface area contributed by atoms with Gasteiger partial charge in [0.25, 0.3) is 0 Å². The summed E-state index contributed by atoms with van der Waals surface area (Å²) in [6, 6.07) is -1.65. The van der Waals surface area contributed by atoms with E-state index < -0.39 is 30.1 Å². The van der Waals surface area contributed by atoms with Crippen molar-refractivity contribution in [2.75, 3.05) is 13.2 Å². The summed E-state index contributed by atoms with van der Waals surface area (Å²) in [5.41, 5.74) is 1.03. The predicted octanol–water partition coefficient (Wildman–Crippen LogP) is 1.94. The van der Waals surface area contributed by atoms with Crippen molar-refractivity contribution < 1.29 is 23.9 Å². The van der Waals surface area contributed by atoms with E-state index in [9.17, 15) is 14.4 Å². The van der Waals surface area contributed by atoms with Gasteiger partial charge in [-0.1, -0.05) is 32.1 Å². The molecule has 0 aromatic carbocycles. The Balaban J connectivity index is 4.61. The van der Waals surface area contributed by atoms with E-state index in [-0.39, 0.29) is 19.1 Å². The van der Waals surface area contributed by atoms with E-state index in [1.54, 1.807) is 19.9 Å². The molecule has 0 fully saturated rings. The summed E-state index contributed by atoms with van der Waals surface area (Å²) in [7, 11) is 0. The lowest BCUT2D eigenvalue weighted by molar-refractivity contribution is -0.148. The maximum absolute atomic E-state index is 12.1. The Morgan fingerprint density at radius 1 is 1.04 bits per heavy atom. The van der Waals surface area contributed by atoms with E-state index in [4.69, 9.17) is 9.47 Å². The van der Waals surface area contributed by atoms with Crippen LogP contribution in [-0.2, 0) is 19.1 Å². The van der Waals surface area contributed by atoms with Gasteiger partial charge in [0, 0.05) is 0 Å². The fourth-order valence-corrected chi connectivity index (χ4v) is 1.57. The molecule has 2 amide bonds. The molecule has 0 aromatic heterocycles. The largest absolute Gasteiger partial charge is 0.460 e. The Labute approximate surface area is 143 Å². The predicted molar refractivity (Wildman–Crippen MR) is 91.3 cm³/mol. The summed E-state index contributed by atoms with van der Waals surface area (Å²) in [6.07, 6.45) is 2.46. The average Bonchev–Trinajstić information content (AvgIpc) is 2.49. The highest BCUT2D eigenvalue weighted by Crippen LogP contribution is 2.05. The Hall–Kier alpha value is -2.31. The van der Waals surface area contributed by atoms with Gasteiger partial charge in [0.2, 0.25) is 5.91 Å². The number of hydrogen-bond acceptors (Lipinski definition) is 5. The van der Waals surface area contributed by atoms with Crippen molar-refractivity contribution in [1.29, 1.82) is 0 Å². The van der Waals surface area contributed by atoms with Crippen LogP contribution in [0.4, 0.5) is 4.79 Å². The average molecular weight is 340 g/mol. The molecule has 0 aliphatic heterocycles. The van der Waals surface area contributed by atoms with Crippen molar-refractivity contribution >= 4 is 18.0 Å². The molecule has 0 saturated carbocycles. The molecule has 0 spiro atoms. The van der Waals surface area contributed by atoms with Crippen LogP contribution in [0, 0.1) is 5.92 Å². The maximum Gasteiger partial charge on any atom is 0.408 e. The number of carbonyl (C=O) groups excluding carboxylic acids is 3. The van der Waals surface area contributed by atoms with Crippen LogP contribution < -0.4 is 10.6 Å². The van der Waals surface area contributed by atoms with E-state index in [2.05, 4.69) is 17.2 Å². The first-order valence-electron chi connectivity index (χ1n) is 7.83. The fourth-order valence-electron chi connectivity index (χ4n) is 1.57. The van der Waals surface area contributed by atoms with Crippen molar-refractivity contribution in [2.45, 2.75) is 46.7 Å². The highest BCUT2D eigenvalue weighted by Gasteiger charge is 2.28. The molecular weight excluding hydrogens is 312 g/mol. The molecule has 0 aliphatic carbocycles. The normalized spacial score (nSPS) is 12.6. The molecule has 2 atom stereocenters. The number of allylic oxidation sites excluding steroid dienone is 1.